The maximum Gasteiger partial charge on any atom is 0.306 e. The lowest BCUT2D eigenvalue weighted by molar-refractivity contribution is -0.143. The van der Waals surface area contributed by atoms with Gasteiger partial charge in [-0.25, -0.2) is 0 Å². The first-order valence-electron chi connectivity index (χ1n) is 7.04. The second-order valence-corrected chi connectivity index (χ2v) is 5.31. The van der Waals surface area contributed by atoms with Crippen molar-refractivity contribution in [1.82, 2.24) is 5.32 Å². The second-order valence-electron chi connectivity index (χ2n) is 5.31. The van der Waals surface area contributed by atoms with E-state index >= 15 is 0 Å². The molecule has 2 rings (SSSR count). The first-order valence-corrected chi connectivity index (χ1v) is 7.04. The minimum absolute atomic E-state index is 0.0218. The Kier molecular flexibility index (Phi) is 4.98. The zero-order chi connectivity index (χ0) is 15.2. The van der Waals surface area contributed by atoms with Gasteiger partial charge in [0.05, 0.1) is 5.92 Å². The van der Waals surface area contributed by atoms with Crippen LogP contribution in [-0.2, 0) is 9.59 Å². The number of carboxylic acids is 1. The Morgan fingerprint density at radius 2 is 1.95 bits per heavy atom. The van der Waals surface area contributed by atoms with E-state index in [9.17, 15) is 9.59 Å². The number of aromatic hydroxyl groups is 1. The molecular formula is C16H19NO4. The van der Waals surface area contributed by atoms with Crippen LogP contribution >= 0.6 is 0 Å². The molecule has 5 heteroatoms. The molecule has 1 amide bonds. The number of phenolic OH excluding ortho intramolecular Hbond substituents is 1. The molecule has 0 aliphatic heterocycles. The fraction of sp³-hybridized carbons (Fsp3) is 0.375. The van der Waals surface area contributed by atoms with E-state index in [1.165, 1.54) is 6.08 Å². The third-order valence-corrected chi connectivity index (χ3v) is 3.84. The van der Waals surface area contributed by atoms with Crippen LogP contribution in [0.15, 0.2) is 30.3 Å². The smallest absolute Gasteiger partial charge is 0.306 e. The summed E-state index contributed by atoms with van der Waals surface area (Å²) in [7, 11) is 0. The maximum absolute atomic E-state index is 11.7. The lowest BCUT2D eigenvalue weighted by atomic mass is 9.96. The molecule has 1 aromatic rings. The van der Waals surface area contributed by atoms with Gasteiger partial charge in [-0.15, -0.1) is 0 Å². The Morgan fingerprint density at radius 1 is 1.24 bits per heavy atom. The van der Waals surface area contributed by atoms with Crippen LogP contribution in [0.4, 0.5) is 0 Å². The summed E-state index contributed by atoms with van der Waals surface area (Å²) in [6.07, 6.45) is 5.51. The summed E-state index contributed by atoms with van der Waals surface area (Å²) >= 11 is 0. The number of carbonyl (C=O) groups excluding carboxylic acids is 1. The monoisotopic (exact) mass is 289 g/mol. The molecule has 0 radical (unpaired) electrons. The van der Waals surface area contributed by atoms with Crippen LogP contribution in [0.25, 0.3) is 6.08 Å². The number of amides is 1. The molecule has 1 aromatic carbocycles. The third-order valence-electron chi connectivity index (χ3n) is 3.84. The molecule has 0 bridgehead atoms. The molecule has 0 aromatic heterocycles. The van der Waals surface area contributed by atoms with E-state index in [1.807, 2.05) is 0 Å². The average molecular weight is 289 g/mol. The third kappa shape index (κ3) is 4.34. The van der Waals surface area contributed by atoms with E-state index in [4.69, 9.17) is 10.2 Å². The number of hydrogen-bond acceptors (Lipinski definition) is 3. The van der Waals surface area contributed by atoms with Gasteiger partial charge in [0, 0.05) is 12.6 Å². The van der Waals surface area contributed by atoms with Crippen molar-refractivity contribution < 1.29 is 19.8 Å². The molecule has 2 unspecified atom stereocenters. The second kappa shape index (κ2) is 6.92. The zero-order valence-electron chi connectivity index (χ0n) is 11.7. The molecule has 5 nitrogen and oxygen atoms in total. The van der Waals surface area contributed by atoms with Crippen molar-refractivity contribution in [1.29, 1.82) is 0 Å². The first kappa shape index (κ1) is 15.1. The van der Waals surface area contributed by atoms with E-state index < -0.39 is 5.97 Å². The lowest BCUT2D eigenvalue weighted by Crippen LogP contribution is -2.32. The summed E-state index contributed by atoms with van der Waals surface area (Å²) < 4.78 is 0. The van der Waals surface area contributed by atoms with Crippen molar-refractivity contribution >= 4 is 18.0 Å². The van der Waals surface area contributed by atoms with Gasteiger partial charge in [-0.3, -0.25) is 9.59 Å². The molecule has 1 fully saturated rings. The standard InChI is InChI=1S/C16H19NO4/c18-13-7-4-11(5-8-13)6-9-15(19)17-10-12-2-1-3-14(12)16(20)21/h4-9,12,14,18H,1-3,10H2,(H,17,19)(H,20,21). The van der Waals surface area contributed by atoms with Gasteiger partial charge in [-0.1, -0.05) is 18.6 Å². The average Bonchev–Trinajstić information content (AvgIpc) is 2.93. The Morgan fingerprint density at radius 3 is 2.62 bits per heavy atom. The summed E-state index contributed by atoms with van der Waals surface area (Å²) in [5, 5.41) is 21.0. The lowest BCUT2D eigenvalue weighted by Gasteiger charge is -2.15. The van der Waals surface area contributed by atoms with Gasteiger partial charge >= 0.3 is 5.97 Å². The van der Waals surface area contributed by atoms with Crippen molar-refractivity contribution in [2.24, 2.45) is 11.8 Å². The highest BCUT2D eigenvalue weighted by atomic mass is 16.4. The first-order chi connectivity index (χ1) is 10.1. The molecule has 2 atom stereocenters. The molecule has 112 valence electrons. The highest BCUT2D eigenvalue weighted by Gasteiger charge is 2.32. The van der Waals surface area contributed by atoms with Crippen LogP contribution < -0.4 is 5.32 Å². The number of carbonyl (C=O) groups is 2. The van der Waals surface area contributed by atoms with Crippen LogP contribution in [0.2, 0.25) is 0 Å². The summed E-state index contributed by atoms with van der Waals surface area (Å²) in [4.78, 5) is 22.8. The Bertz CT molecular complexity index is 536. The molecule has 0 saturated heterocycles. The fourth-order valence-corrected chi connectivity index (χ4v) is 2.65. The number of nitrogens with one attached hydrogen (secondary N) is 1. The number of phenols is 1. The van der Waals surface area contributed by atoms with Crippen LogP contribution in [0, 0.1) is 11.8 Å². The van der Waals surface area contributed by atoms with Crippen LogP contribution in [0.1, 0.15) is 24.8 Å². The van der Waals surface area contributed by atoms with Crippen LogP contribution in [0.3, 0.4) is 0 Å². The van der Waals surface area contributed by atoms with E-state index in [0.29, 0.717) is 13.0 Å². The summed E-state index contributed by atoms with van der Waals surface area (Å²) in [5.74, 6) is -1.15. The van der Waals surface area contributed by atoms with Crippen molar-refractivity contribution in [3.63, 3.8) is 0 Å². The number of aliphatic carboxylic acids is 1. The van der Waals surface area contributed by atoms with Gasteiger partial charge in [0.15, 0.2) is 0 Å². The van der Waals surface area contributed by atoms with Gasteiger partial charge in [-0.2, -0.15) is 0 Å². The Hall–Kier alpha value is -2.30. The summed E-state index contributed by atoms with van der Waals surface area (Å²) in [6.45, 7) is 0.399. The van der Waals surface area contributed by atoms with Crippen molar-refractivity contribution in [3.05, 3.63) is 35.9 Å². The molecule has 0 spiro atoms. The SMILES string of the molecule is O=C(C=Cc1ccc(O)cc1)NCC1CCCC1C(=O)O. The molecule has 1 saturated carbocycles. The van der Waals surface area contributed by atoms with E-state index in [0.717, 1.165) is 18.4 Å². The van der Waals surface area contributed by atoms with E-state index in [-0.39, 0.29) is 23.5 Å². The summed E-state index contributed by atoms with van der Waals surface area (Å²) in [5.41, 5.74) is 0.812. The number of carboxylic acid groups (broad SMARTS) is 1. The summed E-state index contributed by atoms with van der Waals surface area (Å²) in [6, 6.07) is 6.51. The van der Waals surface area contributed by atoms with Gasteiger partial charge in [0.2, 0.25) is 5.91 Å². The topological polar surface area (TPSA) is 86.6 Å². The molecule has 1 aliphatic rings. The van der Waals surface area contributed by atoms with Gasteiger partial charge in [0.25, 0.3) is 0 Å². The number of hydrogen-bond donors (Lipinski definition) is 3. The molecule has 0 heterocycles. The van der Waals surface area contributed by atoms with E-state index in [1.54, 1.807) is 30.3 Å². The maximum atomic E-state index is 11.7. The minimum atomic E-state index is -0.772. The highest BCUT2D eigenvalue weighted by molar-refractivity contribution is 5.91. The highest BCUT2D eigenvalue weighted by Crippen LogP contribution is 2.31. The normalized spacial score (nSPS) is 21.5. The van der Waals surface area contributed by atoms with Crippen LogP contribution in [-0.4, -0.2) is 28.6 Å². The quantitative estimate of drug-likeness (QED) is 0.724. The number of benzene rings is 1. The molecular weight excluding hydrogens is 270 g/mol. The van der Waals surface area contributed by atoms with Gasteiger partial charge < -0.3 is 15.5 Å². The largest absolute Gasteiger partial charge is 0.508 e. The number of rotatable bonds is 5. The Labute approximate surface area is 123 Å². The Balaban J connectivity index is 1.82. The van der Waals surface area contributed by atoms with Gasteiger partial charge in [-0.05, 0) is 42.5 Å². The predicted molar refractivity (Wildman–Crippen MR) is 78.6 cm³/mol. The molecule has 1 aliphatic carbocycles. The van der Waals surface area contributed by atoms with Gasteiger partial charge in [0.1, 0.15) is 5.75 Å². The van der Waals surface area contributed by atoms with Crippen LogP contribution in [0.5, 0.6) is 5.75 Å². The van der Waals surface area contributed by atoms with Crippen molar-refractivity contribution in [3.8, 4) is 5.75 Å². The van der Waals surface area contributed by atoms with Crippen molar-refractivity contribution in [2.75, 3.05) is 6.54 Å². The van der Waals surface area contributed by atoms with Crippen molar-refractivity contribution in [2.45, 2.75) is 19.3 Å². The minimum Gasteiger partial charge on any atom is -0.508 e. The predicted octanol–water partition coefficient (Wildman–Crippen LogP) is 2.02. The zero-order valence-corrected chi connectivity index (χ0v) is 11.7. The molecule has 3 N–H and O–H groups in total. The fourth-order valence-electron chi connectivity index (χ4n) is 2.65. The molecule has 21 heavy (non-hydrogen) atoms. The van der Waals surface area contributed by atoms with E-state index in [2.05, 4.69) is 5.32 Å².